The number of fused-ring (bicyclic) bond motifs is 1. The van der Waals surface area contributed by atoms with Gasteiger partial charge in [-0.2, -0.15) is 0 Å². The summed E-state index contributed by atoms with van der Waals surface area (Å²) in [5.74, 6) is 1.35. The summed E-state index contributed by atoms with van der Waals surface area (Å²) in [5, 5.41) is 5.31. The second-order valence-electron chi connectivity index (χ2n) is 6.44. The molecule has 144 valence electrons. The first-order valence-electron chi connectivity index (χ1n) is 9.06. The molecule has 2 aliphatic rings. The molecule has 0 spiro atoms. The van der Waals surface area contributed by atoms with E-state index in [0.29, 0.717) is 5.02 Å². The number of hydrogen-bond donors (Lipinski definition) is 1. The number of nitrogens with one attached hydrogen (secondary N) is 1. The first kappa shape index (κ1) is 23.5. The van der Waals surface area contributed by atoms with E-state index >= 15 is 0 Å². The van der Waals surface area contributed by atoms with E-state index in [1.807, 2.05) is 62.6 Å². The summed E-state index contributed by atoms with van der Waals surface area (Å²) in [6.45, 7) is 2.84. The summed E-state index contributed by atoms with van der Waals surface area (Å²) in [4.78, 5) is 6.67. The Hall–Kier alpha value is -0.801. The van der Waals surface area contributed by atoms with Crippen molar-refractivity contribution in [1.82, 2.24) is 9.88 Å². The zero-order valence-electron chi connectivity index (χ0n) is 15.8. The van der Waals surface area contributed by atoms with Gasteiger partial charge in [0.25, 0.3) is 0 Å². The van der Waals surface area contributed by atoms with Gasteiger partial charge < -0.3 is 10.2 Å². The molecule has 3 nitrogen and oxygen atoms in total. The predicted molar refractivity (Wildman–Crippen MR) is 115 cm³/mol. The maximum Gasteiger partial charge on any atom is 2.00 e. The van der Waals surface area contributed by atoms with Crippen LogP contribution in [0, 0.1) is 63.7 Å². The van der Waals surface area contributed by atoms with Gasteiger partial charge >= 0.3 is 17.1 Å². The average molecular weight is 434 g/mol. The van der Waals surface area contributed by atoms with E-state index < -0.39 is 0 Å². The van der Waals surface area contributed by atoms with E-state index in [-0.39, 0.29) is 17.1 Å². The molecule has 2 aliphatic carbocycles. The number of aromatic nitrogens is 1. The summed E-state index contributed by atoms with van der Waals surface area (Å²) in [5.41, 5.74) is 2.02. The Morgan fingerprint density at radius 1 is 0.964 bits per heavy atom. The first-order chi connectivity index (χ1) is 13.2. The molecule has 1 aromatic heterocycles. The zero-order valence-corrected chi connectivity index (χ0v) is 17.7. The van der Waals surface area contributed by atoms with Crippen LogP contribution in [-0.2, 0) is 17.1 Å². The average Bonchev–Trinajstić information content (AvgIpc) is 3.38. The van der Waals surface area contributed by atoms with E-state index in [9.17, 15) is 0 Å². The normalized spacial score (nSPS) is 16.7. The molecule has 2 aromatic rings. The summed E-state index contributed by atoms with van der Waals surface area (Å²) in [7, 11) is 2.14. The van der Waals surface area contributed by atoms with Crippen LogP contribution in [-0.4, -0.2) is 36.6 Å². The van der Waals surface area contributed by atoms with E-state index in [4.69, 9.17) is 11.6 Å². The fraction of sp³-hybridized carbons (Fsp3) is 0.174. The van der Waals surface area contributed by atoms with Crippen molar-refractivity contribution in [2.45, 2.75) is 0 Å². The van der Waals surface area contributed by atoms with Crippen molar-refractivity contribution in [2.24, 2.45) is 0 Å². The van der Waals surface area contributed by atoms with Gasteiger partial charge in [-0.25, -0.2) is 0 Å². The Morgan fingerprint density at radius 3 is 2.32 bits per heavy atom. The Kier molecular flexibility index (Phi) is 10.6. The van der Waals surface area contributed by atoms with Gasteiger partial charge in [0.1, 0.15) is 0 Å². The number of halogens is 1. The monoisotopic (exact) mass is 433 g/mol. The van der Waals surface area contributed by atoms with Crippen molar-refractivity contribution in [1.29, 1.82) is 0 Å². The maximum absolute atomic E-state index is 6.02. The molecular weight excluding hydrogens is 410 g/mol. The summed E-state index contributed by atoms with van der Waals surface area (Å²) in [6, 6.07) is 7.82. The first-order valence-corrected chi connectivity index (χ1v) is 9.44. The molecule has 0 unspecified atom stereocenters. The number of pyridine rings is 1. The number of nitrogens with zero attached hydrogens (tertiary/aromatic N) is 2. The number of likely N-dealkylation sites (N-methyl/N-ethyl adjacent to an activating group) is 1. The van der Waals surface area contributed by atoms with E-state index in [2.05, 4.69) is 47.9 Å². The minimum absolute atomic E-state index is 0. The number of benzene rings is 1. The van der Waals surface area contributed by atoms with Crippen LogP contribution in [0.5, 0.6) is 0 Å². The van der Waals surface area contributed by atoms with Crippen LogP contribution in [0.4, 0.5) is 5.69 Å². The van der Waals surface area contributed by atoms with Crippen molar-refractivity contribution in [3.05, 3.63) is 99.2 Å². The van der Waals surface area contributed by atoms with Crippen LogP contribution in [0.1, 0.15) is 0 Å². The molecule has 0 aliphatic heterocycles. The van der Waals surface area contributed by atoms with Crippen molar-refractivity contribution in [3.63, 3.8) is 0 Å². The van der Waals surface area contributed by atoms with Gasteiger partial charge in [0.05, 0.1) is 5.52 Å². The second kappa shape index (κ2) is 12.7. The molecule has 5 heteroatoms. The number of hydrogen-bond acceptors (Lipinski definition) is 3. The molecule has 28 heavy (non-hydrogen) atoms. The molecule has 0 saturated heterocycles. The van der Waals surface area contributed by atoms with Crippen molar-refractivity contribution in [3.8, 4) is 0 Å². The van der Waals surface area contributed by atoms with Crippen molar-refractivity contribution in [2.75, 3.05) is 32.0 Å². The molecule has 0 bridgehead atoms. The molecule has 2 fully saturated rings. The molecule has 1 heterocycles. The third-order valence-corrected chi connectivity index (χ3v) is 4.49. The third kappa shape index (κ3) is 7.55. The summed E-state index contributed by atoms with van der Waals surface area (Å²) in [6.07, 6.45) is 20.3. The van der Waals surface area contributed by atoms with Gasteiger partial charge in [0.15, 0.2) is 0 Å². The SMILES string of the molecule is CN(CCNc1ccnc2cc(Cl)ccc12)C[C]1[CH][CH][CH][CH]1.[CH]1[CH][CH][CH][CH]1.[Fe+2]. The van der Waals surface area contributed by atoms with E-state index in [0.717, 1.165) is 36.2 Å². The minimum atomic E-state index is 0. The molecule has 10 radical (unpaired) electrons. The van der Waals surface area contributed by atoms with E-state index in [1.54, 1.807) is 0 Å². The molecule has 0 atom stereocenters. The smallest absolute Gasteiger partial charge is 0.383 e. The van der Waals surface area contributed by atoms with Crippen LogP contribution in [0.25, 0.3) is 10.9 Å². The molecule has 0 amide bonds. The standard InChI is InChI=1S/C18H19ClN3.C5H5.Fe/c1-22(13-14-4-2-3-5-14)11-10-21-17-8-9-20-18-12-15(19)6-7-16(17)18;1-2-4-5-3-1;/h2-9,12H,10-11,13H2,1H3,(H,20,21);1-5H;/q;;+2. The Morgan fingerprint density at radius 2 is 1.64 bits per heavy atom. The molecule has 1 aromatic carbocycles. The van der Waals surface area contributed by atoms with Crippen molar-refractivity contribution < 1.29 is 17.1 Å². The predicted octanol–water partition coefficient (Wildman–Crippen LogP) is 4.66. The fourth-order valence-corrected chi connectivity index (χ4v) is 3.05. The summed E-state index contributed by atoms with van der Waals surface area (Å²) < 4.78 is 0. The zero-order chi connectivity index (χ0) is 18.9. The van der Waals surface area contributed by atoms with Gasteiger partial charge in [-0.05, 0) is 95.0 Å². The topological polar surface area (TPSA) is 28.2 Å². The maximum atomic E-state index is 6.02. The van der Waals surface area contributed by atoms with Crippen LogP contribution in [0.15, 0.2) is 30.5 Å². The Labute approximate surface area is 186 Å². The number of rotatable bonds is 6. The fourth-order valence-electron chi connectivity index (χ4n) is 2.89. The molecular formula is C23H24ClFeN3+2. The molecule has 4 rings (SSSR count). The van der Waals surface area contributed by atoms with Gasteiger partial charge in [-0.1, -0.05) is 11.6 Å². The minimum Gasteiger partial charge on any atom is -0.383 e. The van der Waals surface area contributed by atoms with Gasteiger partial charge in [-0.15, -0.1) is 0 Å². The van der Waals surface area contributed by atoms with Gasteiger partial charge in [-0.3, -0.25) is 4.98 Å². The summed E-state index contributed by atoms with van der Waals surface area (Å²) >= 11 is 6.02. The third-order valence-electron chi connectivity index (χ3n) is 4.25. The van der Waals surface area contributed by atoms with Crippen LogP contribution in [0.3, 0.4) is 0 Å². The Bertz CT molecular complexity index is 692. The molecule has 1 N–H and O–H groups in total. The van der Waals surface area contributed by atoms with E-state index in [1.165, 1.54) is 5.92 Å². The van der Waals surface area contributed by atoms with Gasteiger partial charge in [0, 0.05) is 41.9 Å². The second-order valence-corrected chi connectivity index (χ2v) is 6.88. The van der Waals surface area contributed by atoms with Crippen molar-refractivity contribution >= 4 is 28.2 Å². The number of anilines is 1. The van der Waals surface area contributed by atoms with Gasteiger partial charge in [0.2, 0.25) is 0 Å². The quantitative estimate of drug-likeness (QED) is 0.672. The van der Waals surface area contributed by atoms with Crippen LogP contribution >= 0.6 is 11.6 Å². The van der Waals surface area contributed by atoms with Crippen LogP contribution in [0.2, 0.25) is 5.02 Å². The molecule has 2 saturated carbocycles. The largest absolute Gasteiger partial charge is 2.00 e. The van der Waals surface area contributed by atoms with Crippen LogP contribution < -0.4 is 5.32 Å². The Balaban J connectivity index is 0.000000408.